The van der Waals surface area contributed by atoms with E-state index in [4.69, 9.17) is 0 Å². The number of piperazine rings is 1. The lowest BCUT2D eigenvalue weighted by molar-refractivity contribution is -0.929. The van der Waals surface area contributed by atoms with Gasteiger partial charge in [-0.1, -0.05) is 72.8 Å². The molecule has 0 saturated carbocycles. The zero-order valence-corrected chi connectivity index (χ0v) is 15.9. The number of allylic oxidation sites excluding steroid dienone is 2. The molecule has 1 heterocycles. The van der Waals surface area contributed by atoms with Crippen molar-refractivity contribution in [2.24, 2.45) is 5.92 Å². The molecule has 0 aromatic heterocycles. The molecule has 0 radical (unpaired) electrons. The lowest BCUT2D eigenvalue weighted by Crippen LogP contribution is -3.15. The summed E-state index contributed by atoms with van der Waals surface area (Å²) in [6.07, 6.45) is 7.39. The molecule has 27 heavy (non-hydrogen) atoms. The third kappa shape index (κ3) is 4.30. The Morgan fingerprint density at radius 3 is 2.07 bits per heavy atom. The summed E-state index contributed by atoms with van der Waals surface area (Å²) < 4.78 is 0. The van der Waals surface area contributed by atoms with Crippen LogP contribution in [0.4, 0.5) is 0 Å². The Bertz CT molecular complexity index is 724. The third-order valence-corrected chi connectivity index (χ3v) is 5.98. The minimum Gasteiger partial charge on any atom is -0.331 e. The highest BCUT2D eigenvalue weighted by Crippen LogP contribution is 2.22. The van der Waals surface area contributed by atoms with Crippen LogP contribution in [-0.4, -0.2) is 37.0 Å². The molecule has 140 valence electrons. The van der Waals surface area contributed by atoms with Gasteiger partial charge in [0, 0.05) is 17.5 Å². The van der Waals surface area contributed by atoms with Gasteiger partial charge in [0.25, 0.3) is 0 Å². The molecule has 2 aromatic rings. The molecule has 3 heteroatoms. The Balaban J connectivity index is 1.44. The summed E-state index contributed by atoms with van der Waals surface area (Å²) in [5.41, 5.74) is 2.71. The lowest BCUT2D eigenvalue weighted by Gasteiger charge is -2.37. The van der Waals surface area contributed by atoms with Crippen LogP contribution in [0.1, 0.15) is 36.4 Å². The van der Waals surface area contributed by atoms with Crippen molar-refractivity contribution in [1.29, 1.82) is 0 Å². The van der Waals surface area contributed by atoms with Crippen molar-refractivity contribution in [3.05, 3.63) is 83.9 Å². The van der Waals surface area contributed by atoms with E-state index in [9.17, 15) is 4.79 Å². The number of carbonyl (C=O) groups excluding carboxylic acids is 1. The fourth-order valence-corrected chi connectivity index (χ4v) is 4.51. The molecular weight excluding hydrogens is 332 g/mol. The second-order valence-electron chi connectivity index (χ2n) is 7.76. The standard InChI is InChI=1S/C24H28N2O/c27-23(19-20-9-7-8-10-20)25-15-17-26(18-16-25)24(21-11-3-1-4-12-21)22-13-5-2-6-14-22/h1-7,9,11-14,20,24H,8,10,15-19H2/p+1/t20-/m0/s1. The average Bonchev–Trinajstić information content (AvgIpc) is 3.23. The Morgan fingerprint density at radius 1 is 0.963 bits per heavy atom. The molecule has 1 atom stereocenters. The first-order valence-corrected chi connectivity index (χ1v) is 10.2. The quantitative estimate of drug-likeness (QED) is 0.814. The van der Waals surface area contributed by atoms with Gasteiger partial charge in [0.05, 0.1) is 26.2 Å². The number of amides is 1. The summed E-state index contributed by atoms with van der Waals surface area (Å²) in [5, 5.41) is 0. The van der Waals surface area contributed by atoms with Gasteiger partial charge in [-0.05, 0) is 18.8 Å². The van der Waals surface area contributed by atoms with Crippen molar-refractivity contribution in [2.75, 3.05) is 26.2 Å². The maximum absolute atomic E-state index is 12.7. The van der Waals surface area contributed by atoms with E-state index in [1.54, 1.807) is 4.90 Å². The van der Waals surface area contributed by atoms with Gasteiger partial charge in [-0.2, -0.15) is 0 Å². The van der Waals surface area contributed by atoms with E-state index in [0.29, 0.717) is 24.3 Å². The molecule has 1 N–H and O–H groups in total. The highest BCUT2D eigenvalue weighted by Gasteiger charge is 2.31. The number of rotatable bonds is 5. The first kappa shape index (κ1) is 18.0. The second kappa shape index (κ2) is 8.53. The van der Waals surface area contributed by atoms with E-state index in [-0.39, 0.29) is 0 Å². The SMILES string of the molecule is O=C(C[C@H]1C=CCC1)N1CC[NH+](C(c2ccccc2)c2ccccc2)CC1. The number of hydrogen-bond acceptors (Lipinski definition) is 1. The highest BCUT2D eigenvalue weighted by atomic mass is 16.2. The normalized spacial score (nSPS) is 20.3. The van der Waals surface area contributed by atoms with Crippen molar-refractivity contribution in [3.8, 4) is 0 Å². The van der Waals surface area contributed by atoms with Crippen molar-refractivity contribution in [2.45, 2.75) is 25.3 Å². The molecule has 1 amide bonds. The fourth-order valence-electron chi connectivity index (χ4n) is 4.51. The lowest BCUT2D eigenvalue weighted by atomic mass is 9.96. The van der Waals surface area contributed by atoms with E-state index < -0.39 is 0 Å². The molecule has 0 spiro atoms. The molecule has 1 aliphatic carbocycles. The summed E-state index contributed by atoms with van der Waals surface area (Å²) >= 11 is 0. The maximum atomic E-state index is 12.7. The third-order valence-electron chi connectivity index (χ3n) is 5.98. The number of benzene rings is 2. The highest BCUT2D eigenvalue weighted by molar-refractivity contribution is 5.76. The van der Waals surface area contributed by atoms with Crippen molar-refractivity contribution in [1.82, 2.24) is 4.90 Å². The summed E-state index contributed by atoms with van der Waals surface area (Å²) in [7, 11) is 0. The van der Waals surface area contributed by atoms with Crippen LogP contribution in [0.2, 0.25) is 0 Å². The van der Waals surface area contributed by atoms with Crippen LogP contribution >= 0.6 is 0 Å². The van der Waals surface area contributed by atoms with E-state index in [1.165, 1.54) is 11.1 Å². The molecule has 0 unspecified atom stereocenters. The van der Waals surface area contributed by atoms with E-state index >= 15 is 0 Å². The average molecular weight is 362 g/mol. The van der Waals surface area contributed by atoms with Gasteiger partial charge in [0.2, 0.25) is 5.91 Å². The number of hydrogen-bond donors (Lipinski definition) is 1. The van der Waals surface area contributed by atoms with Gasteiger partial charge in [0.1, 0.15) is 6.04 Å². The topological polar surface area (TPSA) is 24.8 Å². The predicted molar refractivity (Wildman–Crippen MR) is 108 cm³/mol. The van der Waals surface area contributed by atoms with Crippen molar-refractivity contribution >= 4 is 5.91 Å². The number of nitrogens with one attached hydrogen (secondary N) is 1. The summed E-state index contributed by atoms with van der Waals surface area (Å²) in [6.45, 7) is 3.73. The van der Waals surface area contributed by atoms with Crippen LogP contribution in [0.25, 0.3) is 0 Å². The summed E-state index contributed by atoms with van der Waals surface area (Å²) in [5.74, 6) is 0.797. The first-order chi connectivity index (χ1) is 13.3. The molecule has 4 rings (SSSR count). The number of quaternary nitrogens is 1. The molecule has 2 aromatic carbocycles. The number of nitrogens with zero attached hydrogens (tertiary/aromatic N) is 1. The van der Waals surface area contributed by atoms with Crippen molar-refractivity contribution < 1.29 is 9.69 Å². The Kier molecular flexibility index (Phi) is 5.69. The van der Waals surface area contributed by atoms with Crippen LogP contribution in [0.5, 0.6) is 0 Å². The Morgan fingerprint density at radius 2 is 1.56 bits per heavy atom. The monoisotopic (exact) mass is 361 g/mol. The molecule has 2 aliphatic rings. The van der Waals surface area contributed by atoms with Gasteiger partial charge in [-0.25, -0.2) is 0 Å². The maximum Gasteiger partial charge on any atom is 0.223 e. The van der Waals surface area contributed by atoms with Crippen LogP contribution in [0.15, 0.2) is 72.8 Å². The zero-order chi connectivity index (χ0) is 18.5. The van der Waals surface area contributed by atoms with Crippen LogP contribution < -0.4 is 4.90 Å². The molecule has 3 nitrogen and oxygen atoms in total. The smallest absolute Gasteiger partial charge is 0.223 e. The number of carbonyl (C=O) groups is 1. The van der Waals surface area contributed by atoms with Crippen molar-refractivity contribution in [3.63, 3.8) is 0 Å². The summed E-state index contributed by atoms with van der Waals surface area (Å²) in [6, 6.07) is 21.9. The largest absolute Gasteiger partial charge is 0.331 e. The molecule has 1 aliphatic heterocycles. The summed E-state index contributed by atoms with van der Waals surface area (Å²) in [4.78, 5) is 16.3. The molecule has 1 saturated heterocycles. The minimum atomic E-state index is 0.335. The van der Waals surface area contributed by atoms with Crippen LogP contribution in [0.3, 0.4) is 0 Å². The molecule has 0 bridgehead atoms. The Hall–Kier alpha value is -2.39. The van der Waals surface area contributed by atoms with E-state index in [1.807, 2.05) is 0 Å². The first-order valence-electron chi connectivity index (χ1n) is 10.2. The Labute approximate surface area is 162 Å². The zero-order valence-electron chi connectivity index (χ0n) is 15.9. The van der Waals surface area contributed by atoms with E-state index in [2.05, 4.69) is 77.7 Å². The predicted octanol–water partition coefficient (Wildman–Crippen LogP) is 2.86. The fraction of sp³-hybridized carbons (Fsp3) is 0.375. The van der Waals surface area contributed by atoms with Gasteiger partial charge < -0.3 is 9.80 Å². The molecular formula is C24H29N2O+. The second-order valence-corrected chi connectivity index (χ2v) is 7.76. The van der Waals surface area contributed by atoms with Crippen LogP contribution in [0, 0.1) is 5.92 Å². The van der Waals surface area contributed by atoms with Gasteiger partial charge in [-0.15, -0.1) is 0 Å². The minimum absolute atomic E-state index is 0.335. The molecule has 1 fully saturated rings. The van der Waals surface area contributed by atoms with Crippen LogP contribution in [-0.2, 0) is 4.79 Å². The van der Waals surface area contributed by atoms with E-state index in [0.717, 1.165) is 39.0 Å². The van der Waals surface area contributed by atoms with Gasteiger partial charge in [0.15, 0.2) is 0 Å². The van der Waals surface area contributed by atoms with Gasteiger partial charge in [-0.3, -0.25) is 4.79 Å². The van der Waals surface area contributed by atoms with Gasteiger partial charge >= 0.3 is 0 Å².